The molecular formula is C22H24Cl4N4O4S. The molecule has 2 atom stereocenters. The van der Waals surface area contributed by atoms with Crippen LogP contribution in [0.15, 0.2) is 36.4 Å². The van der Waals surface area contributed by atoms with Crippen LogP contribution in [0.4, 0.5) is 0 Å². The van der Waals surface area contributed by atoms with Crippen LogP contribution in [0.1, 0.15) is 22.3 Å². The molecule has 1 aliphatic rings. The van der Waals surface area contributed by atoms with Crippen molar-refractivity contribution in [3.05, 3.63) is 67.6 Å². The number of benzene rings is 2. The van der Waals surface area contributed by atoms with Gasteiger partial charge in [-0.3, -0.25) is 9.59 Å². The molecule has 0 radical (unpaired) electrons. The first-order valence-corrected chi connectivity index (χ1v) is 14.0. The van der Waals surface area contributed by atoms with Crippen molar-refractivity contribution >= 4 is 68.2 Å². The molecule has 8 nitrogen and oxygen atoms in total. The van der Waals surface area contributed by atoms with Gasteiger partial charge in [-0.1, -0.05) is 52.5 Å². The molecule has 0 unspecified atom stereocenters. The maximum Gasteiger partial charge on any atom is 0.252 e. The van der Waals surface area contributed by atoms with E-state index in [9.17, 15) is 18.0 Å². The Morgan fingerprint density at radius 1 is 1.06 bits per heavy atom. The molecule has 190 valence electrons. The highest BCUT2D eigenvalue weighted by Crippen LogP contribution is 2.24. The Morgan fingerprint density at radius 2 is 1.71 bits per heavy atom. The van der Waals surface area contributed by atoms with Gasteiger partial charge in [0.1, 0.15) is 6.04 Å². The Morgan fingerprint density at radius 3 is 2.34 bits per heavy atom. The van der Waals surface area contributed by atoms with Crippen LogP contribution in [0.5, 0.6) is 0 Å². The van der Waals surface area contributed by atoms with Crippen LogP contribution in [-0.4, -0.2) is 63.1 Å². The van der Waals surface area contributed by atoms with Gasteiger partial charge in [-0.2, -0.15) is 0 Å². The molecule has 0 saturated carbocycles. The average Bonchev–Trinajstić information content (AvgIpc) is 2.91. The molecule has 3 rings (SSSR count). The van der Waals surface area contributed by atoms with Crippen LogP contribution >= 0.6 is 46.4 Å². The molecule has 1 heterocycles. The zero-order valence-electron chi connectivity index (χ0n) is 18.7. The van der Waals surface area contributed by atoms with Gasteiger partial charge in [0.2, 0.25) is 15.9 Å². The Balaban J connectivity index is 1.73. The maximum absolute atomic E-state index is 13.3. The van der Waals surface area contributed by atoms with Crippen molar-refractivity contribution in [1.82, 2.24) is 20.3 Å². The fraction of sp³-hybridized carbons (Fsp3) is 0.364. The number of carbonyl (C=O) groups is 2. The second-order valence-electron chi connectivity index (χ2n) is 8.16. The summed E-state index contributed by atoms with van der Waals surface area (Å²) in [6.45, 7) is 0.639. The van der Waals surface area contributed by atoms with E-state index in [4.69, 9.17) is 46.4 Å². The summed E-state index contributed by atoms with van der Waals surface area (Å²) in [5.74, 6) is -0.679. The molecule has 35 heavy (non-hydrogen) atoms. The lowest BCUT2D eigenvalue weighted by molar-refractivity contribution is -0.133. The Kier molecular flexibility index (Phi) is 9.67. The van der Waals surface area contributed by atoms with Crippen molar-refractivity contribution in [2.24, 2.45) is 0 Å². The van der Waals surface area contributed by atoms with Crippen LogP contribution in [0.3, 0.4) is 0 Å². The standard InChI is InChI=1S/C22H24Cl4N4O4S/c1-35(33,34)28-11-20-22(32)30(12-13-2-3-14(23)8-18(13)25)7-6-16(29-20)10-27-21(31)17-5-4-15(24)9-19(17)26/h2-5,8-9,16,20,28-29H,6-7,10-12H2,1H3,(H,27,31)/t16-,20-/m1/s1. The van der Waals surface area contributed by atoms with E-state index in [0.717, 1.165) is 6.26 Å². The molecule has 0 aromatic heterocycles. The summed E-state index contributed by atoms with van der Waals surface area (Å²) < 4.78 is 25.7. The maximum atomic E-state index is 13.3. The molecule has 3 N–H and O–H groups in total. The highest BCUT2D eigenvalue weighted by atomic mass is 35.5. The number of rotatable bonds is 8. The first-order chi connectivity index (χ1) is 16.4. The lowest BCUT2D eigenvalue weighted by Crippen LogP contribution is -2.53. The predicted molar refractivity (Wildman–Crippen MR) is 139 cm³/mol. The Hall–Kier alpha value is -1.59. The van der Waals surface area contributed by atoms with E-state index < -0.39 is 16.1 Å². The van der Waals surface area contributed by atoms with Crippen LogP contribution in [0.2, 0.25) is 20.1 Å². The summed E-state index contributed by atoms with van der Waals surface area (Å²) in [5, 5.41) is 7.52. The van der Waals surface area contributed by atoms with Gasteiger partial charge in [0.25, 0.3) is 5.91 Å². The van der Waals surface area contributed by atoms with Crippen molar-refractivity contribution < 1.29 is 18.0 Å². The summed E-state index contributed by atoms with van der Waals surface area (Å²) in [5.41, 5.74) is 0.985. The number of nitrogens with one attached hydrogen (secondary N) is 3. The van der Waals surface area contributed by atoms with Gasteiger partial charge < -0.3 is 15.5 Å². The van der Waals surface area contributed by atoms with Gasteiger partial charge >= 0.3 is 0 Å². The second-order valence-corrected chi connectivity index (χ2v) is 11.7. The number of hydrogen-bond acceptors (Lipinski definition) is 5. The molecule has 1 aliphatic heterocycles. The van der Waals surface area contributed by atoms with Gasteiger partial charge in [0.15, 0.2) is 0 Å². The van der Waals surface area contributed by atoms with Gasteiger partial charge in [-0.05, 0) is 42.3 Å². The minimum atomic E-state index is -3.53. The van der Waals surface area contributed by atoms with E-state index in [1.165, 1.54) is 12.1 Å². The predicted octanol–water partition coefficient (Wildman–Crippen LogP) is 3.34. The molecule has 2 aromatic rings. The van der Waals surface area contributed by atoms with Crippen molar-refractivity contribution in [3.8, 4) is 0 Å². The van der Waals surface area contributed by atoms with Gasteiger partial charge in [-0.15, -0.1) is 0 Å². The Labute approximate surface area is 224 Å². The third-order valence-electron chi connectivity index (χ3n) is 5.40. The summed E-state index contributed by atoms with van der Waals surface area (Å²) in [6, 6.07) is 8.44. The molecule has 0 bridgehead atoms. The van der Waals surface area contributed by atoms with Crippen LogP contribution < -0.4 is 15.4 Å². The van der Waals surface area contributed by atoms with Crippen LogP contribution in [0, 0.1) is 0 Å². The monoisotopic (exact) mass is 580 g/mol. The summed E-state index contributed by atoms with van der Waals surface area (Å²) >= 11 is 24.3. The SMILES string of the molecule is CS(=O)(=O)NC[C@H]1N[C@@H](CNC(=O)c2ccc(Cl)cc2Cl)CCN(Cc2ccc(Cl)cc2Cl)C1=O. The van der Waals surface area contributed by atoms with E-state index in [-0.39, 0.29) is 48.1 Å². The van der Waals surface area contributed by atoms with E-state index in [1.54, 1.807) is 29.2 Å². The molecule has 0 spiro atoms. The van der Waals surface area contributed by atoms with Gasteiger partial charge in [-0.25, -0.2) is 13.1 Å². The minimum absolute atomic E-state index is 0.143. The average molecular weight is 582 g/mol. The van der Waals surface area contributed by atoms with Crippen LogP contribution in [-0.2, 0) is 21.4 Å². The van der Waals surface area contributed by atoms with Crippen LogP contribution in [0.25, 0.3) is 0 Å². The normalized spacial score (nSPS) is 18.9. The van der Waals surface area contributed by atoms with E-state index in [2.05, 4.69) is 15.4 Å². The molecule has 2 aromatic carbocycles. The summed E-state index contributed by atoms with van der Waals surface area (Å²) in [6.07, 6.45) is 1.52. The van der Waals surface area contributed by atoms with E-state index in [1.807, 2.05) is 0 Å². The number of sulfonamides is 1. The molecule has 2 amide bonds. The number of halogens is 4. The summed E-state index contributed by atoms with van der Waals surface area (Å²) in [7, 11) is -3.53. The number of nitrogens with zero attached hydrogens (tertiary/aromatic N) is 1. The Bertz CT molecular complexity index is 1210. The molecule has 0 aliphatic carbocycles. The highest BCUT2D eigenvalue weighted by molar-refractivity contribution is 7.88. The zero-order chi connectivity index (χ0) is 25.8. The fourth-order valence-corrected chi connectivity index (χ4v) is 5.05. The lowest BCUT2D eigenvalue weighted by Gasteiger charge is -2.25. The van der Waals surface area contributed by atoms with Crippen molar-refractivity contribution in [1.29, 1.82) is 0 Å². The minimum Gasteiger partial charge on any atom is -0.350 e. The first-order valence-electron chi connectivity index (χ1n) is 10.6. The number of carbonyl (C=O) groups excluding carboxylic acids is 2. The lowest BCUT2D eigenvalue weighted by atomic mass is 10.1. The van der Waals surface area contributed by atoms with Crippen molar-refractivity contribution in [2.75, 3.05) is 25.9 Å². The highest BCUT2D eigenvalue weighted by Gasteiger charge is 2.32. The largest absolute Gasteiger partial charge is 0.350 e. The smallest absolute Gasteiger partial charge is 0.252 e. The molecular weight excluding hydrogens is 558 g/mol. The molecule has 1 saturated heterocycles. The first kappa shape index (κ1) is 28.0. The van der Waals surface area contributed by atoms with Gasteiger partial charge in [0, 0.05) is 47.3 Å². The number of amides is 2. The fourth-order valence-electron chi connectivity index (χ4n) is 3.62. The van der Waals surface area contributed by atoms with Crippen molar-refractivity contribution in [3.63, 3.8) is 0 Å². The van der Waals surface area contributed by atoms with E-state index in [0.29, 0.717) is 33.6 Å². The van der Waals surface area contributed by atoms with Gasteiger partial charge in [0.05, 0.1) is 16.8 Å². The quantitative estimate of drug-likeness (QED) is 0.443. The topological polar surface area (TPSA) is 108 Å². The molecule has 1 fully saturated rings. The van der Waals surface area contributed by atoms with Crippen molar-refractivity contribution in [2.45, 2.75) is 25.0 Å². The summed E-state index contributed by atoms with van der Waals surface area (Å²) in [4.78, 5) is 27.5. The third kappa shape index (κ3) is 8.21. The van der Waals surface area contributed by atoms with E-state index >= 15 is 0 Å². The number of hydrogen-bond donors (Lipinski definition) is 3. The second kappa shape index (κ2) is 12.1. The third-order valence-corrected chi connectivity index (χ3v) is 7.23. The zero-order valence-corrected chi connectivity index (χ0v) is 22.5. The molecule has 13 heteroatoms.